The van der Waals surface area contributed by atoms with E-state index in [1.807, 2.05) is 11.8 Å². The summed E-state index contributed by atoms with van der Waals surface area (Å²) in [6.07, 6.45) is 2.52. The zero-order valence-corrected chi connectivity index (χ0v) is 11.0. The first-order valence-electron chi connectivity index (χ1n) is 6.07. The number of carbonyl (C=O) groups is 1. The smallest absolute Gasteiger partial charge is 0.239 e. The Labute approximate surface area is 110 Å². The van der Waals surface area contributed by atoms with E-state index in [9.17, 15) is 4.79 Å². The van der Waals surface area contributed by atoms with E-state index >= 15 is 0 Å². The molecule has 102 valence electrons. The zero-order chi connectivity index (χ0) is 13.8. The number of aromatic amines is 1. The topological polar surface area (TPSA) is 113 Å². The third-order valence-electron chi connectivity index (χ3n) is 2.71. The van der Waals surface area contributed by atoms with Gasteiger partial charge in [0.05, 0.1) is 18.1 Å². The summed E-state index contributed by atoms with van der Waals surface area (Å²) in [5.74, 6) is 0.703. The van der Waals surface area contributed by atoms with Gasteiger partial charge < -0.3 is 16.0 Å². The number of anilines is 2. The minimum Gasteiger partial charge on any atom is -0.368 e. The van der Waals surface area contributed by atoms with Gasteiger partial charge in [-0.25, -0.2) is 0 Å². The lowest BCUT2D eigenvalue weighted by molar-refractivity contribution is -0.119. The number of nitrogens with two attached hydrogens (primary N) is 1. The quantitative estimate of drug-likeness (QED) is 0.694. The molecule has 0 unspecified atom stereocenters. The lowest BCUT2D eigenvalue weighted by Gasteiger charge is -2.22. The van der Waals surface area contributed by atoms with Gasteiger partial charge in [0.1, 0.15) is 5.82 Å². The number of likely N-dealkylation sites (N-methyl/N-ethyl adjacent to an activating group) is 1. The number of amides is 1. The maximum Gasteiger partial charge on any atom is 0.239 e. The van der Waals surface area contributed by atoms with Gasteiger partial charge in [-0.15, -0.1) is 0 Å². The van der Waals surface area contributed by atoms with Gasteiger partial charge in [0.25, 0.3) is 0 Å². The molecule has 0 saturated heterocycles. The van der Waals surface area contributed by atoms with Crippen molar-refractivity contribution in [3.8, 4) is 0 Å². The monoisotopic (exact) mass is 263 g/mol. The Morgan fingerprint density at radius 3 is 3.00 bits per heavy atom. The van der Waals surface area contributed by atoms with E-state index in [0.29, 0.717) is 18.0 Å². The first kappa shape index (κ1) is 13.1. The molecule has 4 N–H and O–H groups in total. The molecule has 0 spiro atoms. The standard InChI is InChI=1S/C11H17N7O/c1-3-4-18(6-8(19)13-2)10-7-5-14-17-9(7)15-11(12)16-10/h5H,3-4,6H2,1-2H3,(H,13,19)(H3,12,14,15,16,17). The fourth-order valence-electron chi connectivity index (χ4n) is 1.86. The number of hydrogen-bond donors (Lipinski definition) is 3. The van der Waals surface area contributed by atoms with E-state index in [2.05, 4.69) is 25.5 Å². The first-order valence-corrected chi connectivity index (χ1v) is 6.07. The van der Waals surface area contributed by atoms with Gasteiger partial charge in [-0.2, -0.15) is 15.1 Å². The molecule has 19 heavy (non-hydrogen) atoms. The van der Waals surface area contributed by atoms with Crippen LogP contribution in [0.25, 0.3) is 11.0 Å². The maximum absolute atomic E-state index is 11.6. The van der Waals surface area contributed by atoms with E-state index in [0.717, 1.165) is 11.8 Å². The molecule has 0 aliphatic heterocycles. The van der Waals surface area contributed by atoms with Gasteiger partial charge in [-0.1, -0.05) is 6.92 Å². The van der Waals surface area contributed by atoms with Crippen LogP contribution >= 0.6 is 0 Å². The van der Waals surface area contributed by atoms with Gasteiger partial charge >= 0.3 is 0 Å². The highest BCUT2D eigenvalue weighted by Gasteiger charge is 2.16. The van der Waals surface area contributed by atoms with Gasteiger partial charge in [-0.05, 0) is 6.42 Å². The second-order valence-corrected chi connectivity index (χ2v) is 4.13. The van der Waals surface area contributed by atoms with Crippen LogP contribution in [0.2, 0.25) is 0 Å². The minimum absolute atomic E-state index is 0.0812. The highest BCUT2D eigenvalue weighted by molar-refractivity contribution is 5.90. The number of H-pyrrole nitrogens is 1. The molecular formula is C11H17N7O. The SMILES string of the molecule is CCCN(CC(=O)NC)c1nc(N)nc2[nH]ncc12. The van der Waals surface area contributed by atoms with E-state index in [1.165, 1.54) is 0 Å². The Balaban J connectivity index is 2.42. The predicted molar refractivity (Wildman–Crippen MR) is 72.7 cm³/mol. The van der Waals surface area contributed by atoms with Crippen molar-refractivity contribution in [1.82, 2.24) is 25.5 Å². The third kappa shape index (κ3) is 2.72. The molecule has 0 aliphatic carbocycles. The lowest BCUT2D eigenvalue weighted by atomic mass is 10.3. The summed E-state index contributed by atoms with van der Waals surface area (Å²) in [6, 6.07) is 0. The highest BCUT2D eigenvalue weighted by Crippen LogP contribution is 2.22. The van der Waals surface area contributed by atoms with Gasteiger partial charge in [0.2, 0.25) is 11.9 Å². The average Bonchev–Trinajstić information content (AvgIpc) is 2.85. The number of nitrogens with zero attached hydrogens (tertiary/aromatic N) is 4. The Hall–Kier alpha value is -2.38. The molecule has 0 radical (unpaired) electrons. The van der Waals surface area contributed by atoms with Crippen LogP contribution in [-0.4, -0.2) is 46.2 Å². The fourth-order valence-corrected chi connectivity index (χ4v) is 1.86. The number of nitrogens with one attached hydrogen (secondary N) is 2. The molecule has 1 amide bonds. The Kier molecular flexibility index (Phi) is 3.79. The highest BCUT2D eigenvalue weighted by atomic mass is 16.1. The van der Waals surface area contributed by atoms with Crippen molar-refractivity contribution in [2.45, 2.75) is 13.3 Å². The van der Waals surface area contributed by atoms with E-state index < -0.39 is 0 Å². The number of carbonyl (C=O) groups excluding carboxylic acids is 1. The molecule has 0 fully saturated rings. The summed E-state index contributed by atoms with van der Waals surface area (Å²) >= 11 is 0. The van der Waals surface area contributed by atoms with Crippen LogP contribution < -0.4 is 16.0 Å². The van der Waals surface area contributed by atoms with Crippen LogP contribution in [0.4, 0.5) is 11.8 Å². The summed E-state index contributed by atoms with van der Waals surface area (Å²) in [5, 5.41) is 10.0. The normalized spacial score (nSPS) is 10.6. The molecule has 0 aromatic carbocycles. The van der Waals surface area contributed by atoms with Crippen molar-refractivity contribution < 1.29 is 4.79 Å². The average molecular weight is 263 g/mol. The number of fused-ring (bicyclic) bond motifs is 1. The van der Waals surface area contributed by atoms with Gasteiger partial charge in [-0.3, -0.25) is 9.89 Å². The summed E-state index contributed by atoms with van der Waals surface area (Å²) in [4.78, 5) is 21.7. The number of aromatic nitrogens is 4. The van der Waals surface area contributed by atoms with Crippen LogP contribution in [0.5, 0.6) is 0 Å². The molecule has 2 aromatic rings. The summed E-state index contributed by atoms with van der Waals surface area (Å²) < 4.78 is 0. The summed E-state index contributed by atoms with van der Waals surface area (Å²) in [5.41, 5.74) is 6.25. The molecule has 0 saturated carbocycles. The third-order valence-corrected chi connectivity index (χ3v) is 2.71. The fraction of sp³-hybridized carbons (Fsp3) is 0.455. The zero-order valence-electron chi connectivity index (χ0n) is 11.0. The van der Waals surface area contributed by atoms with Crippen molar-refractivity contribution in [3.05, 3.63) is 6.20 Å². The van der Waals surface area contributed by atoms with E-state index in [1.54, 1.807) is 13.2 Å². The molecule has 0 atom stereocenters. The molecule has 8 nitrogen and oxygen atoms in total. The largest absolute Gasteiger partial charge is 0.368 e. The van der Waals surface area contributed by atoms with Gasteiger partial charge in [0.15, 0.2) is 5.65 Å². The number of hydrogen-bond acceptors (Lipinski definition) is 6. The lowest BCUT2D eigenvalue weighted by Crippen LogP contribution is -2.36. The molecule has 0 aliphatic rings. The van der Waals surface area contributed by atoms with Crippen molar-refractivity contribution in [3.63, 3.8) is 0 Å². The van der Waals surface area contributed by atoms with Crippen LogP contribution in [-0.2, 0) is 4.79 Å². The maximum atomic E-state index is 11.6. The van der Waals surface area contributed by atoms with Crippen LogP contribution in [0, 0.1) is 0 Å². The predicted octanol–water partition coefficient (Wildman–Crippen LogP) is -0.102. The number of nitrogen functional groups attached to an aromatic ring is 1. The summed E-state index contributed by atoms with van der Waals surface area (Å²) in [6.45, 7) is 2.96. The second-order valence-electron chi connectivity index (χ2n) is 4.13. The van der Waals surface area contributed by atoms with Crippen molar-refractivity contribution in [2.24, 2.45) is 0 Å². The van der Waals surface area contributed by atoms with E-state index in [4.69, 9.17) is 5.73 Å². The molecule has 8 heteroatoms. The van der Waals surface area contributed by atoms with Crippen molar-refractivity contribution >= 4 is 28.7 Å². The minimum atomic E-state index is -0.0812. The van der Waals surface area contributed by atoms with Crippen LogP contribution in [0.1, 0.15) is 13.3 Å². The van der Waals surface area contributed by atoms with E-state index in [-0.39, 0.29) is 18.4 Å². The van der Waals surface area contributed by atoms with Crippen molar-refractivity contribution in [1.29, 1.82) is 0 Å². The Morgan fingerprint density at radius 1 is 1.53 bits per heavy atom. The van der Waals surface area contributed by atoms with Crippen molar-refractivity contribution in [2.75, 3.05) is 30.8 Å². The van der Waals surface area contributed by atoms with Gasteiger partial charge in [0, 0.05) is 13.6 Å². The molecule has 2 rings (SSSR count). The second kappa shape index (κ2) is 5.51. The molecule has 0 bridgehead atoms. The molecule has 2 heterocycles. The Bertz CT molecular complexity index is 579. The first-order chi connectivity index (χ1) is 9.15. The van der Waals surface area contributed by atoms with Crippen LogP contribution in [0.15, 0.2) is 6.20 Å². The molecular weight excluding hydrogens is 246 g/mol. The number of rotatable bonds is 5. The van der Waals surface area contributed by atoms with Crippen LogP contribution in [0.3, 0.4) is 0 Å². The summed E-state index contributed by atoms with van der Waals surface area (Å²) in [7, 11) is 1.61. The molecule has 2 aromatic heterocycles. The Morgan fingerprint density at radius 2 is 2.32 bits per heavy atom.